The number of guanidine groups is 1. The van der Waals surface area contributed by atoms with E-state index in [0.29, 0.717) is 5.56 Å². The Kier molecular flexibility index (Phi) is 7.70. The number of carbonyl (C=O) groups is 1. The molecule has 1 aromatic heterocycles. The van der Waals surface area contributed by atoms with E-state index in [0.717, 1.165) is 23.9 Å². The maximum Gasteiger partial charge on any atom is 0.433 e. The van der Waals surface area contributed by atoms with Crippen LogP contribution in [0.25, 0.3) is 0 Å². The quantitative estimate of drug-likeness (QED) is 0.199. The summed E-state index contributed by atoms with van der Waals surface area (Å²) in [5.74, 6) is -0.737. The highest BCUT2D eigenvalue weighted by atomic mass is 35.5. The zero-order valence-corrected chi connectivity index (χ0v) is 17.8. The predicted octanol–water partition coefficient (Wildman–Crippen LogP) is 4.20. The minimum absolute atomic E-state index is 0.101. The molecule has 0 aliphatic heterocycles. The van der Waals surface area contributed by atoms with E-state index in [1.807, 2.05) is 6.92 Å². The summed E-state index contributed by atoms with van der Waals surface area (Å²) in [5.41, 5.74) is 0.310. The number of nitrogens with zero attached hydrogens (tertiary/aromatic N) is 3. The number of amides is 1. The van der Waals surface area contributed by atoms with E-state index in [1.165, 1.54) is 6.92 Å². The Morgan fingerprint density at radius 2 is 1.84 bits per heavy atom. The smallest absolute Gasteiger partial charge is 0.328 e. The third kappa shape index (κ3) is 7.31. The van der Waals surface area contributed by atoms with E-state index in [-0.39, 0.29) is 11.6 Å². The van der Waals surface area contributed by atoms with Gasteiger partial charge in [-0.2, -0.15) is 18.4 Å². The highest BCUT2D eigenvalue weighted by Gasteiger charge is 2.33. The first-order valence-electron chi connectivity index (χ1n) is 8.68. The molecule has 0 fully saturated rings. The van der Waals surface area contributed by atoms with Crippen LogP contribution < -0.4 is 16.0 Å². The van der Waals surface area contributed by atoms with Crippen LogP contribution in [-0.2, 0) is 6.18 Å². The van der Waals surface area contributed by atoms with Crippen LogP contribution in [0.4, 0.5) is 18.9 Å². The number of carbonyl (C=O) groups excluding carboxylic acids is 1. The molecule has 31 heavy (non-hydrogen) atoms. The standard InChI is InChI=1S/C19H17Cl2F3N6O/c1-11-3-5-12(6-4-11)15(31)29-16(18(2,20)21)30-17(27-10-25)28-13-7-8-14(26-9-13)19(22,23)24/h3-9,16H,1-2H3,(H,29,31)(H2,27,28,30). The van der Waals surface area contributed by atoms with Gasteiger partial charge in [0.1, 0.15) is 5.69 Å². The third-order valence-corrected chi connectivity index (χ3v) is 4.22. The lowest BCUT2D eigenvalue weighted by molar-refractivity contribution is -0.141. The second kappa shape index (κ2) is 9.85. The van der Waals surface area contributed by atoms with Gasteiger partial charge in [0.2, 0.25) is 5.96 Å². The molecule has 1 atom stereocenters. The highest BCUT2D eigenvalue weighted by Crippen LogP contribution is 2.28. The molecular weight excluding hydrogens is 456 g/mol. The highest BCUT2D eigenvalue weighted by molar-refractivity contribution is 6.48. The molecule has 2 aromatic rings. The first-order valence-corrected chi connectivity index (χ1v) is 9.44. The lowest BCUT2D eigenvalue weighted by Crippen LogP contribution is -2.45. The van der Waals surface area contributed by atoms with E-state index in [1.54, 1.807) is 30.5 Å². The number of rotatable bonds is 5. The number of aryl methyl sites for hydroxylation is 1. The van der Waals surface area contributed by atoms with Crippen molar-refractivity contribution in [2.24, 2.45) is 4.99 Å². The molecule has 0 saturated heterocycles. The van der Waals surface area contributed by atoms with Crippen molar-refractivity contribution in [3.8, 4) is 6.19 Å². The van der Waals surface area contributed by atoms with Gasteiger partial charge in [0.25, 0.3) is 5.91 Å². The number of nitrogens with one attached hydrogen (secondary N) is 3. The molecule has 0 bridgehead atoms. The summed E-state index contributed by atoms with van der Waals surface area (Å²) in [6, 6.07) is 8.56. The van der Waals surface area contributed by atoms with Crippen molar-refractivity contribution in [2.45, 2.75) is 30.5 Å². The lowest BCUT2D eigenvalue weighted by atomic mass is 10.1. The fraction of sp³-hybridized carbons (Fsp3) is 0.263. The fourth-order valence-corrected chi connectivity index (χ4v) is 2.44. The molecule has 0 radical (unpaired) electrons. The lowest BCUT2D eigenvalue weighted by Gasteiger charge is -2.25. The molecule has 1 unspecified atom stereocenters. The van der Waals surface area contributed by atoms with Crippen molar-refractivity contribution in [3.63, 3.8) is 0 Å². The van der Waals surface area contributed by atoms with E-state index in [4.69, 9.17) is 28.5 Å². The van der Waals surface area contributed by atoms with Crippen molar-refractivity contribution in [3.05, 3.63) is 59.4 Å². The predicted molar refractivity (Wildman–Crippen MR) is 112 cm³/mol. The Morgan fingerprint density at radius 3 is 2.32 bits per heavy atom. The van der Waals surface area contributed by atoms with E-state index < -0.39 is 28.3 Å². The number of aliphatic imine (C=N–C) groups is 1. The molecule has 0 saturated carbocycles. The molecule has 164 valence electrons. The van der Waals surface area contributed by atoms with Crippen LogP contribution in [0, 0.1) is 18.4 Å². The average Bonchev–Trinajstić information content (AvgIpc) is 2.67. The van der Waals surface area contributed by atoms with Gasteiger partial charge in [-0.25, -0.2) is 9.98 Å². The maximum atomic E-state index is 12.7. The monoisotopic (exact) mass is 472 g/mol. The van der Waals surface area contributed by atoms with Gasteiger partial charge in [0.05, 0.1) is 11.9 Å². The second-order valence-corrected chi connectivity index (χ2v) is 8.23. The number of anilines is 1. The Balaban J connectivity index is 2.26. The van der Waals surface area contributed by atoms with Crippen molar-refractivity contribution in [2.75, 3.05) is 5.32 Å². The second-order valence-electron chi connectivity index (χ2n) is 6.47. The number of pyridine rings is 1. The van der Waals surface area contributed by atoms with Gasteiger partial charge in [-0.3, -0.25) is 10.1 Å². The maximum absolute atomic E-state index is 12.7. The minimum Gasteiger partial charge on any atom is -0.328 e. The number of hydrogen-bond donors (Lipinski definition) is 3. The van der Waals surface area contributed by atoms with E-state index in [9.17, 15) is 18.0 Å². The Labute approximate surface area is 186 Å². The summed E-state index contributed by atoms with van der Waals surface area (Å²) >= 11 is 12.3. The third-order valence-electron chi connectivity index (χ3n) is 3.81. The van der Waals surface area contributed by atoms with Gasteiger partial charge >= 0.3 is 6.18 Å². The van der Waals surface area contributed by atoms with Crippen LogP contribution in [0.15, 0.2) is 47.6 Å². The van der Waals surface area contributed by atoms with Gasteiger partial charge in [-0.15, -0.1) is 0 Å². The Hall–Kier alpha value is -3.03. The summed E-state index contributed by atoms with van der Waals surface area (Å²) in [6.45, 7) is 3.24. The summed E-state index contributed by atoms with van der Waals surface area (Å²) in [6.07, 6.45) is -3.28. The van der Waals surface area contributed by atoms with Crippen LogP contribution in [0.3, 0.4) is 0 Å². The number of alkyl halides is 5. The molecule has 2 rings (SSSR count). The van der Waals surface area contributed by atoms with Crippen LogP contribution in [-0.4, -0.2) is 27.3 Å². The first kappa shape index (κ1) is 24.2. The largest absolute Gasteiger partial charge is 0.433 e. The van der Waals surface area contributed by atoms with E-state index >= 15 is 0 Å². The van der Waals surface area contributed by atoms with E-state index in [2.05, 4.69) is 25.9 Å². The van der Waals surface area contributed by atoms with Crippen molar-refractivity contribution in [1.29, 1.82) is 5.26 Å². The zero-order chi connectivity index (χ0) is 23.2. The summed E-state index contributed by atoms with van der Waals surface area (Å²) < 4.78 is 36.4. The Morgan fingerprint density at radius 1 is 1.19 bits per heavy atom. The van der Waals surface area contributed by atoms with Crippen LogP contribution in [0.2, 0.25) is 0 Å². The molecule has 0 spiro atoms. The number of nitriles is 1. The number of halogens is 5. The summed E-state index contributed by atoms with van der Waals surface area (Å²) in [5, 5.41) is 16.3. The number of hydrogen-bond acceptors (Lipinski definition) is 4. The molecule has 7 nitrogen and oxygen atoms in total. The van der Waals surface area contributed by atoms with Gasteiger partial charge < -0.3 is 10.6 Å². The molecule has 1 aromatic carbocycles. The van der Waals surface area contributed by atoms with Crippen molar-refractivity contribution < 1.29 is 18.0 Å². The summed E-state index contributed by atoms with van der Waals surface area (Å²) in [4.78, 5) is 19.9. The molecule has 12 heteroatoms. The van der Waals surface area contributed by atoms with Gasteiger partial charge in [-0.1, -0.05) is 40.9 Å². The average molecular weight is 473 g/mol. The normalized spacial score (nSPS) is 13.2. The van der Waals surface area contributed by atoms with Crippen molar-refractivity contribution >= 4 is 40.8 Å². The van der Waals surface area contributed by atoms with Crippen molar-refractivity contribution in [1.82, 2.24) is 15.6 Å². The molecule has 0 aliphatic rings. The van der Waals surface area contributed by atoms with Gasteiger partial charge in [0.15, 0.2) is 16.7 Å². The number of benzene rings is 1. The first-order chi connectivity index (χ1) is 14.4. The topological polar surface area (TPSA) is 102 Å². The SMILES string of the molecule is Cc1ccc(C(=O)NC(/N=C(\NC#N)Nc2ccc(C(F)(F)F)nc2)C(C)(Cl)Cl)cc1. The minimum atomic E-state index is -4.59. The molecule has 1 amide bonds. The molecule has 3 N–H and O–H groups in total. The van der Waals surface area contributed by atoms with Gasteiger partial charge in [-0.05, 0) is 38.1 Å². The molecule has 1 heterocycles. The van der Waals surface area contributed by atoms with Crippen LogP contribution in [0.5, 0.6) is 0 Å². The van der Waals surface area contributed by atoms with Gasteiger partial charge in [0, 0.05) is 5.56 Å². The molecule has 0 aliphatic carbocycles. The van der Waals surface area contributed by atoms with Crippen LogP contribution >= 0.6 is 23.2 Å². The summed E-state index contributed by atoms with van der Waals surface area (Å²) in [7, 11) is 0. The Bertz CT molecular complexity index is 980. The molecular formula is C19H17Cl2F3N6O. The zero-order valence-electron chi connectivity index (χ0n) is 16.3. The number of aromatic nitrogens is 1. The fourth-order valence-electron chi connectivity index (χ4n) is 2.23. The van der Waals surface area contributed by atoms with Crippen LogP contribution in [0.1, 0.15) is 28.5 Å².